The second-order valence-electron chi connectivity index (χ2n) is 9.36. The molecule has 0 aliphatic heterocycles. The molecule has 194 valence electrons. The maximum Gasteiger partial charge on any atom is 0.330 e. The molecule has 3 aromatic rings. The monoisotopic (exact) mass is 519 g/mol. The number of rotatable bonds is 11. The minimum absolute atomic E-state index is 0.0837. The van der Waals surface area contributed by atoms with Crippen LogP contribution in [-0.4, -0.2) is 37.1 Å². The van der Waals surface area contributed by atoms with Crippen LogP contribution in [0.4, 0.5) is 5.69 Å². The minimum atomic E-state index is -0.410. The van der Waals surface area contributed by atoms with Gasteiger partial charge in [-0.05, 0) is 86.1 Å². The fourth-order valence-electron chi connectivity index (χ4n) is 4.70. The van der Waals surface area contributed by atoms with Crippen molar-refractivity contribution < 1.29 is 14.3 Å². The second-order valence-corrected chi connectivity index (χ2v) is 9.79. The molecule has 0 saturated carbocycles. The van der Waals surface area contributed by atoms with Gasteiger partial charge >= 0.3 is 5.97 Å². The van der Waals surface area contributed by atoms with Crippen LogP contribution in [-0.2, 0) is 22.4 Å². The Labute approximate surface area is 223 Å². The zero-order valence-electron chi connectivity index (χ0n) is 21.3. The van der Waals surface area contributed by atoms with Gasteiger partial charge in [-0.1, -0.05) is 36.6 Å². The van der Waals surface area contributed by atoms with Crippen LogP contribution in [0, 0.1) is 0 Å². The van der Waals surface area contributed by atoms with E-state index in [1.807, 2.05) is 12.1 Å². The Bertz CT molecular complexity index is 1270. The highest BCUT2D eigenvalue weighted by molar-refractivity contribution is 6.31. The molecule has 2 N–H and O–H groups in total. The summed E-state index contributed by atoms with van der Waals surface area (Å²) in [6.45, 7) is 1.57. The van der Waals surface area contributed by atoms with E-state index in [4.69, 9.17) is 16.6 Å². The number of aromatic nitrogens is 1. The van der Waals surface area contributed by atoms with Gasteiger partial charge in [-0.15, -0.1) is 0 Å². The summed E-state index contributed by atoms with van der Waals surface area (Å²) in [7, 11) is 1.34. The summed E-state index contributed by atoms with van der Waals surface area (Å²) >= 11 is 6.22. The molecule has 7 heteroatoms. The maximum absolute atomic E-state index is 12.4. The first-order valence-corrected chi connectivity index (χ1v) is 13.4. The van der Waals surface area contributed by atoms with Gasteiger partial charge in [-0.25, -0.2) is 4.79 Å². The first-order chi connectivity index (χ1) is 18.0. The first kappa shape index (κ1) is 26.7. The Morgan fingerprint density at radius 3 is 2.54 bits per heavy atom. The van der Waals surface area contributed by atoms with Crippen LogP contribution in [0.5, 0.6) is 0 Å². The third-order valence-corrected chi connectivity index (χ3v) is 6.94. The van der Waals surface area contributed by atoms with E-state index in [1.165, 1.54) is 43.0 Å². The van der Waals surface area contributed by atoms with Crippen LogP contribution in [0.3, 0.4) is 0 Å². The molecule has 4 rings (SSSR count). The molecular formula is C30H34ClN3O3. The number of hydrogen-bond acceptors (Lipinski definition) is 5. The van der Waals surface area contributed by atoms with Crippen LogP contribution in [0.2, 0.25) is 5.02 Å². The number of carbonyl (C=O) groups is 2. The number of aryl methyl sites for hydroxylation is 1. The largest absolute Gasteiger partial charge is 0.466 e. The van der Waals surface area contributed by atoms with E-state index < -0.39 is 5.97 Å². The number of nitrogens with zero attached hydrogens (tertiary/aromatic N) is 1. The van der Waals surface area contributed by atoms with Crippen LogP contribution in [0.15, 0.2) is 48.5 Å². The number of benzene rings is 2. The van der Waals surface area contributed by atoms with Gasteiger partial charge in [-0.3, -0.25) is 9.78 Å². The van der Waals surface area contributed by atoms with Crippen LogP contribution in [0.25, 0.3) is 17.0 Å². The predicted octanol–water partition coefficient (Wildman–Crippen LogP) is 6.36. The molecule has 0 unspecified atom stereocenters. The topological polar surface area (TPSA) is 80.3 Å². The number of pyridine rings is 1. The summed E-state index contributed by atoms with van der Waals surface area (Å²) in [5, 5.41) is 8.57. The third-order valence-electron chi connectivity index (χ3n) is 6.70. The number of methoxy groups -OCH3 is 1. The molecule has 6 nitrogen and oxygen atoms in total. The third kappa shape index (κ3) is 7.32. The Balaban J connectivity index is 1.18. The standard InChI is InChI=1S/C30H34ClN3O3/c1-37-28(35)17-12-21-10-13-22(14-11-21)30(36)33-19-7-3-2-6-18-32-29-24-8-4-5-9-26(24)34-27-20-23(31)15-16-25(27)29/h10-17,20H,2-9,18-19H2,1H3,(H,32,34)(H,33,36)/b17-12+. The summed E-state index contributed by atoms with van der Waals surface area (Å²) in [6, 6.07) is 13.1. The van der Waals surface area contributed by atoms with E-state index in [9.17, 15) is 9.59 Å². The lowest BCUT2D eigenvalue weighted by atomic mass is 9.92. The Morgan fingerprint density at radius 2 is 1.76 bits per heavy atom. The van der Waals surface area contributed by atoms with Crippen molar-refractivity contribution in [3.63, 3.8) is 0 Å². The normalized spacial score (nSPS) is 12.9. The lowest BCUT2D eigenvalue weighted by molar-refractivity contribution is -0.134. The van der Waals surface area contributed by atoms with Crippen molar-refractivity contribution in [3.8, 4) is 0 Å². The molecule has 0 saturated heterocycles. The molecule has 1 amide bonds. The van der Waals surface area contributed by atoms with Gasteiger partial charge < -0.3 is 15.4 Å². The van der Waals surface area contributed by atoms with Crippen molar-refractivity contribution >= 4 is 46.1 Å². The lowest BCUT2D eigenvalue weighted by Gasteiger charge is -2.22. The van der Waals surface area contributed by atoms with Gasteiger partial charge in [-0.2, -0.15) is 0 Å². The number of hydrogen-bond donors (Lipinski definition) is 2. The van der Waals surface area contributed by atoms with Crippen molar-refractivity contribution in [2.75, 3.05) is 25.5 Å². The smallest absolute Gasteiger partial charge is 0.330 e. The number of anilines is 1. The molecule has 1 heterocycles. The molecule has 0 atom stereocenters. The van der Waals surface area contributed by atoms with E-state index >= 15 is 0 Å². The Morgan fingerprint density at radius 1 is 1.00 bits per heavy atom. The second kappa shape index (κ2) is 13.2. The lowest BCUT2D eigenvalue weighted by Crippen LogP contribution is -2.24. The van der Waals surface area contributed by atoms with Crippen LogP contribution < -0.4 is 10.6 Å². The summed E-state index contributed by atoms with van der Waals surface area (Å²) in [5.74, 6) is -0.493. The number of esters is 1. The molecule has 0 radical (unpaired) electrons. The zero-order chi connectivity index (χ0) is 26.0. The van der Waals surface area contributed by atoms with Crippen molar-refractivity contribution in [3.05, 3.63) is 75.9 Å². The van der Waals surface area contributed by atoms with E-state index in [0.29, 0.717) is 12.1 Å². The Hall–Kier alpha value is -3.38. The minimum Gasteiger partial charge on any atom is -0.466 e. The number of ether oxygens (including phenoxy) is 1. The van der Waals surface area contributed by atoms with Crippen molar-refractivity contribution in [2.24, 2.45) is 0 Å². The summed E-state index contributed by atoms with van der Waals surface area (Å²) in [5.41, 5.74) is 6.23. The van der Waals surface area contributed by atoms with E-state index in [0.717, 1.165) is 66.6 Å². The average molecular weight is 520 g/mol. The quantitative estimate of drug-likeness (QED) is 0.175. The van der Waals surface area contributed by atoms with Gasteiger partial charge in [0.1, 0.15) is 0 Å². The molecule has 37 heavy (non-hydrogen) atoms. The maximum atomic E-state index is 12.4. The SMILES string of the molecule is COC(=O)/C=C/c1ccc(C(=O)NCCCCCCNc2c3c(nc4cc(Cl)ccc24)CCCC3)cc1. The zero-order valence-corrected chi connectivity index (χ0v) is 22.1. The fraction of sp³-hybridized carbons (Fsp3) is 0.367. The van der Waals surface area contributed by atoms with Gasteiger partial charge in [0.25, 0.3) is 5.91 Å². The molecule has 1 aliphatic rings. The Kier molecular flexibility index (Phi) is 9.55. The fourth-order valence-corrected chi connectivity index (χ4v) is 4.87. The highest BCUT2D eigenvalue weighted by Crippen LogP contribution is 2.34. The van der Waals surface area contributed by atoms with Gasteiger partial charge in [0.2, 0.25) is 0 Å². The molecule has 1 aromatic heterocycles. The summed E-state index contributed by atoms with van der Waals surface area (Å²) in [6.07, 6.45) is 11.7. The van der Waals surface area contributed by atoms with Crippen molar-refractivity contribution in [1.29, 1.82) is 0 Å². The van der Waals surface area contributed by atoms with Crippen molar-refractivity contribution in [1.82, 2.24) is 10.3 Å². The molecule has 0 fully saturated rings. The first-order valence-electron chi connectivity index (χ1n) is 13.0. The van der Waals surface area contributed by atoms with Gasteiger partial charge in [0.15, 0.2) is 0 Å². The van der Waals surface area contributed by atoms with Gasteiger partial charge in [0.05, 0.1) is 12.6 Å². The highest BCUT2D eigenvalue weighted by Gasteiger charge is 2.18. The van der Waals surface area contributed by atoms with Crippen molar-refractivity contribution in [2.45, 2.75) is 51.4 Å². The number of fused-ring (bicyclic) bond motifs is 2. The van der Waals surface area contributed by atoms with E-state index in [1.54, 1.807) is 30.3 Å². The molecule has 0 spiro atoms. The molecule has 1 aliphatic carbocycles. The number of halogens is 1. The van der Waals surface area contributed by atoms with E-state index in [-0.39, 0.29) is 5.91 Å². The molecule has 2 aromatic carbocycles. The number of unbranched alkanes of at least 4 members (excludes halogenated alkanes) is 3. The number of amides is 1. The number of carbonyl (C=O) groups excluding carboxylic acids is 2. The summed E-state index contributed by atoms with van der Waals surface area (Å²) < 4.78 is 4.58. The summed E-state index contributed by atoms with van der Waals surface area (Å²) in [4.78, 5) is 28.5. The van der Waals surface area contributed by atoms with Gasteiger partial charge in [0, 0.05) is 46.5 Å². The van der Waals surface area contributed by atoms with Crippen LogP contribution in [0.1, 0.15) is 65.7 Å². The van der Waals surface area contributed by atoms with E-state index in [2.05, 4.69) is 21.4 Å². The average Bonchev–Trinajstić information content (AvgIpc) is 2.92. The number of nitrogens with one attached hydrogen (secondary N) is 2. The predicted molar refractivity (Wildman–Crippen MR) is 150 cm³/mol. The van der Waals surface area contributed by atoms with Crippen LogP contribution >= 0.6 is 11.6 Å². The highest BCUT2D eigenvalue weighted by atomic mass is 35.5. The molecular weight excluding hydrogens is 486 g/mol. The molecule has 0 bridgehead atoms.